The van der Waals surface area contributed by atoms with E-state index in [0.29, 0.717) is 27.0 Å². The molecule has 0 aliphatic carbocycles. The van der Waals surface area contributed by atoms with Gasteiger partial charge in [0, 0.05) is 22.8 Å². The highest BCUT2D eigenvalue weighted by Crippen LogP contribution is 2.27. The Bertz CT molecular complexity index is 1130. The van der Waals surface area contributed by atoms with Gasteiger partial charge in [-0.15, -0.1) is 0 Å². The Kier molecular flexibility index (Phi) is 7.64. The summed E-state index contributed by atoms with van der Waals surface area (Å²) < 4.78 is 10.6. The van der Waals surface area contributed by atoms with Crippen LogP contribution in [0.25, 0.3) is 0 Å². The number of hydrogen-bond acceptors (Lipinski definition) is 6. The van der Waals surface area contributed by atoms with Gasteiger partial charge in [0.05, 0.1) is 15.5 Å². The van der Waals surface area contributed by atoms with Crippen molar-refractivity contribution in [1.82, 2.24) is 0 Å². The van der Waals surface area contributed by atoms with Crippen molar-refractivity contribution in [2.75, 3.05) is 11.9 Å². The predicted molar refractivity (Wildman–Crippen MR) is 119 cm³/mol. The molecule has 32 heavy (non-hydrogen) atoms. The maximum absolute atomic E-state index is 12.2. The summed E-state index contributed by atoms with van der Waals surface area (Å²) in [4.78, 5) is 34.4. The van der Waals surface area contributed by atoms with Crippen LogP contribution in [0.2, 0.25) is 10.0 Å². The number of amides is 1. The Hall–Kier alpha value is -3.62. The number of nitro benzene ring substituents is 1. The molecule has 1 N–H and O–H groups in total. The van der Waals surface area contributed by atoms with E-state index >= 15 is 0 Å². The molecule has 0 saturated heterocycles. The molecule has 0 atom stereocenters. The Morgan fingerprint density at radius 1 is 0.969 bits per heavy atom. The lowest BCUT2D eigenvalue weighted by Crippen LogP contribution is -2.20. The molecule has 0 radical (unpaired) electrons. The zero-order chi connectivity index (χ0) is 23.1. The van der Waals surface area contributed by atoms with Gasteiger partial charge in [0.15, 0.2) is 6.61 Å². The van der Waals surface area contributed by atoms with Gasteiger partial charge in [-0.2, -0.15) is 0 Å². The minimum absolute atomic E-state index is 0.0279. The summed E-state index contributed by atoms with van der Waals surface area (Å²) in [5.74, 6) is -0.649. The van der Waals surface area contributed by atoms with Crippen molar-refractivity contribution in [1.29, 1.82) is 0 Å². The van der Waals surface area contributed by atoms with Gasteiger partial charge >= 0.3 is 5.97 Å². The van der Waals surface area contributed by atoms with E-state index in [0.717, 1.165) is 0 Å². The summed E-state index contributed by atoms with van der Waals surface area (Å²) in [6.45, 7) is -0.291. The molecule has 10 heteroatoms. The first-order valence-electron chi connectivity index (χ1n) is 9.20. The van der Waals surface area contributed by atoms with Crippen LogP contribution >= 0.6 is 23.2 Å². The summed E-state index contributed by atoms with van der Waals surface area (Å²) in [7, 11) is 0. The van der Waals surface area contributed by atoms with Crippen molar-refractivity contribution < 1.29 is 24.0 Å². The number of anilines is 1. The second kappa shape index (κ2) is 10.6. The highest BCUT2D eigenvalue weighted by molar-refractivity contribution is 6.35. The van der Waals surface area contributed by atoms with Crippen LogP contribution in [0.5, 0.6) is 5.75 Å². The normalized spacial score (nSPS) is 10.3. The molecule has 3 rings (SSSR count). The molecule has 0 aliphatic rings. The lowest BCUT2D eigenvalue weighted by atomic mass is 10.2. The second-order valence-electron chi connectivity index (χ2n) is 6.49. The van der Waals surface area contributed by atoms with Crippen molar-refractivity contribution >= 4 is 46.5 Å². The SMILES string of the molecule is O=C(COc1ccc(Cl)cc1Cl)Nc1ccc(C(=O)OCc2ccc([N+](=O)[O-])cc2)cc1. The van der Waals surface area contributed by atoms with Crippen LogP contribution in [0.4, 0.5) is 11.4 Å². The van der Waals surface area contributed by atoms with Gasteiger partial charge in [0.2, 0.25) is 0 Å². The van der Waals surface area contributed by atoms with E-state index in [-0.39, 0.29) is 24.5 Å². The van der Waals surface area contributed by atoms with E-state index in [1.54, 1.807) is 24.3 Å². The molecule has 3 aromatic rings. The molecule has 0 saturated carbocycles. The molecule has 0 aromatic heterocycles. The van der Waals surface area contributed by atoms with Crippen molar-refractivity contribution in [2.45, 2.75) is 6.61 Å². The summed E-state index contributed by atoms with van der Waals surface area (Å²) in [6, 6.07) is 16.5. The number of nitrogens with one attached hydrogen (secondary N) is 1. The van der Waals surface area contributed by atoms with Crippen LogP contribution in [-0.4, -0.2) is 23.4 Å². The zero-order valence-corrected chi connectivity index (χ0v) is 17.9. The van der Waals surface area contributed by atoms with E-state index in [4.69, 9.17) is 32.7 Å². The molecule has 0 fully saturated rings. The van der Waals surface area contributed by atoms with Crippen molar-refractivity contribution in [3.8, 4) is 5.75 Å². The largest absolute Gasteiger partial charge is 0.482 e. The fraction of sp³-hybridized carbons (Fsp3) is 0.0909. The number of carbonyl (C=O) groups excluding carboxylic acids is 2. The van der Waals surface area contributed by atoms with Gasteiger partial charge in [0.1, 0.15) is 12.4 Å². The number of carbonyl (C=O) groups is 2. The number of non-ortho nitro benzene ring substituents is 1. The zero-order valence-electron chi connectivity index (χ0n) is 16.4. The molecule has 0 bridgehead atoms. The highest BCUT2D eigenvalue weighted by Gasteiger charge is 2.11. The van der Waals surface area contributed by atoms with E-state index in [2.05, 4.69) is 5.32 Å². The first-order valence-corrected chi connectivity index (χ1v) is 9.95. The van der Waals surface area contributed by atoms with Crippen LogP contribution in [0.3, 0.4) is 0 Å². The lowest BCUT2D eigenvalue weighted by molar-refractivity contribution is -0.384. The smallest absolute Gasteiger partial charge is 0.338 e. The van der Waals surface area contributed by atoms with Gasteiger partial charge in [0.25, 0.3) is 11.6 Å². The monoisotopic (exact) mass is 474 g/mol. The third-order valence-corrected chi connectivity index (χ3v) is 4.70. The van der Waals surface area contributed by atoms with Gasteiger partial charge < -0.3 is 14.8 Å². The molecule has 0 unspecified atom stereocenters. The molecule has 0 spiro atoms. The molecular formula is C22H16Cl2N2O6. The van der Waals surface area contributed by atoms with Crippen molar-refractivity contribution in [2.24, 2.45) is 0 Å². The lowest BCUT2D eigenvalue weighted by Gasteiger charge is -2.09. The topological polar surface area (TPSA) is 108 Å². The molecule has 0 heterocycles. The molecule has 3 aromatic carbocycles. The van der Waals surface area contributed by atoms with Crippen LogP contribution in [0.1, 0.15) is 15.9 Å². The quantitative estimate of drug-likeness (QED) is 0.270. The predicted octanol–water partition coefficient (Wildman–Crippen LogP) is 5.28. The van der Waals surface area contributed by atoms with Crippen molar-refractivity contribution in [3.63, 3.8) is 0 Å². The van der Waals surface area contributed by atoms with Crippen LogP contribution in [0.15, 0.2) is 66.7 Å². The average molecular weight is 475 g/mol. The van der Waals surface area contributed by atoms with E-state index in [1.807, 2.05) is 0 Å². The number of nitro groups is 1. The van der Waals surface area contributed by atoms with Crippen LogP contribution in [0, 0.1) is 10.1 Å². The number of rotatable bonds is 8. The molecule has 8 nitrogen and oxygen atoms in total. The minimum Gasteiger partial charge on any atom is -0.482 e. The van der Waals surface area contributed by atoms with E-state index in [9.17, 15) is 19.7 Å². The van der Waals surface area contributed by atoms with Crippen LogP contribution in [-0.2, 0) is 16.1 Å². The molecule has 164 valence electrons. The van der Waals surface area contributed by atoms with Gasteiger partial charge in [-0.05, 0) is 60.2 Å². The minimum atomic E-state index is -0.568. The number of esters is 1. The number of benzene rings is 3. The second-order valence-corrected chi connectivity index (χ2v) is 7.33. The highest BCUT2D eigenvalue weighted by atomic mass is 35.5. The Morgan fingerprint density at radius 2 is 1.66 bits per heavy atom. The van der Waals surface area contributed by atoms with E-state index < -0.39 is 16.8 Å². The number of ether oxygens (including phenoxy) is 2. The third-order valence-electron chi connectivity index (χ3n) is 4.17. The third kappa shape index (κ3) is 6.44. The molecule has 1 amide bonds. The summed E-state index contributed by atoms with van der Waals surface area (Å²) in [5.41, 5.74) is 1.33. The number of hydrogen-bond donors (Lipinski definition) is 1. The first kappa shape index (κ1) is 23.1. The van der Waals surface area contributed by atoms with Crippen molar-refractivity contribution in [3.05, 3.63) is 98.0 Å². The number of halogens is 2. The summed E-state index contributed by atoms with van der Waals surface area (Å²) in [5, 5.41) is 14.1. The molecular weight excluding hydrogens is 459 g/mol. The Labute approximate surface area is 192 Å². The van der Waals surface area contributed by atoms with Gasteiger partial charge in [-0.3, -0.25) is 14.9 Å². The summed E-state index contributed by atoms with van der Waals surface area (Å²) in [6.07, 6.45) is 0. The Morgan fingerprint density at radius 3 is 2.28 bits per heavy atom. The summed E-state index contributed by atoms with van der Waals surface area (Å²) >= 11 is 11.8. The Balaban J connectivity index is 1.48. The first-order chi connectivity index (χ1) is 15.3. The average Bonchev–Trinajstić information content (AvgIpc) is 2.77. The standard InChI is InChI=1S/C22H16Cl2N2O6/c23-16-5-10-20(19(24)11-16)31-13-21(27)25-17-6-3-15(4-7-17)22(28)32-12-14-1-8-18(9-2-14)26(29)30/h1-11H,12-13H2,(H,25,27). The molecule has 0 aliphatic heterocycles. The van der Waals surface area contributed by atoms with Crippen LogP contribution < -0.4 is 10.1 Å². The maximum atomic E-state index is 12.2. The fourth-order valence-electron chi connectivity index (χ4n) is 2.57. The fourth-order valence-corrected chi connectivity index (χ4v) is 3.03. The van der Waals surface area contributed by atoms with Gasteiger partial charge in [-0.25, -0.2) is 4.79 Å². The maximum Gasteiger partial charge on any atom is 0.338 e. The van der Waals surface area contributed by atoms with E-state index in [1.165, 1.54) is 42.5 Å². The van der Waals surface area contributed by atoms with Gasteiger partial charge in [-0.1, -0.05) is 23.2 Å². The number of nitrogens with zero attached hydrogens (tertiary/aromatic N) is 1.